The SMILES string of the molecule is CN(C)CCCNC(=O)n1c(O)c(C(=O)c2cccs2)c2cc(Cl)ccc21.[H-].[Na+]. The summed E-state index contributed by atoms with van der Waals surface area (Å²) >= 11 is 7.37. The van der Waals surface area contributed by atoms with Crippen LogP contribution in [0.1, 0.15) is 23.1 Å². The molecule has 3 rings (SSSR count). The summed E-state index contributed by atoms with van der Waals surface area (Å²) in [4.78, 5) is 28.1. The third kappa shape index (κ3) is 4.79. The number of ketones is 1. The van der Waals surface area contributed by atoms with Crippen LogP contribution in [0.5, 0.6) is 5.88 Å². The number of rotatable bonds is 6. The van der Waals surface area contributed by atoms with Crippen LogP contribution in [0, 0.1) is 0 Å². The molecule has 0 aliphatic rings. The molecule has 0 fully saturated rings. The minimum atomic E-state index is -0.483. The maximum Gasteiger partial charge on any atom is 1.00 e. The van der Waals surface area contributed by atoms with Gasteiger partial charge in [0, 0.05) is 17.0 Å². The fraction of sp³-hybridized carbons (Fsp3) is 0.263. The van der Waals surface area contributed by atoms with Gasteiger partial charge in [-0.2, -0.15) is 0 Å². The molecule has 0 unspecified atom stereocenters. The molecule has 2 aromatic heterocycles. The summed E-state index contributed by atoms with van der Waals surface area (Å²) in [6.07, 6.45) is 0.769. The van der Waals surface area contributed by atoms with Crippen LogP contribution in [-0.2, 0) is 0 Å². The minimum Gasteiger partial charge on any atom is -1.00 e. The number of hydrogen-bond donors (Lipinski definition) is 2. The number of hydrogen-bond acceptors (Lipinski definition) is 5. The van der Waals surface area contributed by atoms with E-state index in [1.54, 1.807) is 35.7 Å². The summed E-state index contributed by atoms with van der Waals surface area (Å²) in [5, 5.41) is 16.2. The third-order valence-electron chi connectivity index (χ3n) is 4.14. The van der Waals surface area contributed by atoms with Crippen molar-refractivity contribution in [1.29, 1.82) is 0 Å². The monoisotopic (exact) mass is 429 g/mol. The number of carbonyl (C=O) groups excluding carboxylic acids is 2. The molecule has 6 nitrogen and oxygen atoms in total. The quantitative estimate of drug-likeness (QED) is 0.347. The number of aromatic hydroxyl groups is 1. The van der Waals surface area contributed by atoms with E-state index >= 15 is 0 Å². The van der Waals surface area contributed by atoms with Gasteiger partial charge in [-0.3, -0.25) is 4.79 Å². The van der Waals surface area contributed by atoms with E-state index in [0.29, 0.717) is 27.3 Å². The fourth-order valence-corrected chi connectivity index (χ4v) is 3.72. The van der Waals surface area contributed by atoms with E-state index in [1.165, 1.54) is 11.3 Å². The molecule has 0 saturated carbocycles. The van der Waals surface area contributed by atoms with Gasteiger partial charge < -0.3 is 16.7 Å². The van der Waals surface area contributed by atoms with Gasteiger partial charge >= 0.3 is 35.6 Å². The molecular formula is C19H21ClN3NaO3S. The molecule has 0 atom stereocenters. The molecule has 0 spiro atoms. The van der Waals surface area contributed by atoms with Gasteiger partial charge in [0.2, 0.25) is 11.7 Å². The molecule has 1 aromatic carbocycles. The molecule has 0 radical (unpaired) electrons. The van der Waals surface area contributed by atoms with E-state index in [1.807, 2.05) is 19.0 Å². The Hall–Kier alpha value is -1.35. The van der Waals surface area contributed by atoms with E-state index in [9.17, 15) is 14.7 Å². The second-order valence-electron chi connectivity index (χ2n) is 6.39. The number of amides is 1. The third-order valence-corrected chi connectivity index (χ3v) is 5.24. The Labute approximate surface area is 195 Å². The van der Waals surface area contributed by atoms with E-state index in [2.05, 4.69) is 5.32 Å². The number of nitrogens with zero attached hydrogens (tertiary/aromatic N) is 2. The number of carbonyl (C=O) groups is 2. The zero-order chi connectivity index (χ0) is 19.6. The van der Waals surface area contributed by atoms with Gasteiger partial charge in [-0.15, -0.1) is 11.3 Å². The zero-order valence-electron chi connectivity index (χ0n) is 17.0. The Balaban J connectivity index is 0.00000210. The first kappa shape index (κ1) is 22.9. The van der Waals surface area contributed by atoms with Crippen LogP contribution in [0.3, 0.4) is 0 Å². The molecular weight excluding hydrogens is 409 g/mol. The summed E-state index contributed by atoms with van der Waals surface area (Å²) in [5.41, 5.74) is 0.514. The summed E-state index contributed by atoms with van der Waals surface area (Å²) in [5.74, 6) is -0.718. The largest absolute Gasteiger partial charge is 1.00 e. The van der Waals surface area contributed by atoms with Crippen molar-refractivity contribution in [2.45, 2.75) is 6.42 Å². The average molecular weight is 430 g/mol. The standard InChI is InChI=1S/C19H20ClN3O3S.Na.H/c1-22(2)9-4-8-21-19(26)23-14-7-6-12(20)11-13(14)16(18(23)25)17(24)15-5-3-10-27-15;;/h3,5-7,10-11,25H,4,8-9H2,1-2H3,(H,21,26);;/q;+1;-1. The first-order chi connectivity index (χ1) is 12.9. The second kappa shape index (κ2) is 9.91. The summed E-state index contributed by atoms with van der Waals surface area (Å²) in [6.45, 7) is 1.29. The molecule has 144 valence electrons. The second-order valence-corrected chi connectivity index (χ2v) is 7.77. The van der Waals surface area contributed by atoms with Crippen LogP contribution in [0.15, 0.2) is 35.7 Å². The maximum absolute atomic E-state index is 12.9. The molecule has 0 aliphatic heterocycles. The van der Waals surface area contributed by atoms with Crippen LogP contribution in [-0.4, -0.2) is 53.6 Å². The van der Waals surface area contributed by atoms with Crippen LogP contribution in [0.4, 0.5) is 4.79 Å². The smallest absolute Gasteiger partial charge is 1.00 e. The maximum atomic E-state index is 12.9. The first-order valence-electron chi connectivity index (χ1n) is 8.44. The van der Waals surface area contributed by atoms with Crippen molar-refractivity contribution in [1.82, 2.24) is 14.8 Å². The van der Waals surface area contributed by atoms with Gasteiger partial charge in [0.1, 0.15) is 0 Å². The van der Waals surface area contributed by atoms with Crippen molar-refractivity contribution < 1.29 is 45.7 Å². The van der Waals surface area contributed by atoms with Gasteiger partial charge in [-0.1, -0.05) is 17.7 Å². The molecule has 0 saturated heterocycles. The Morgan fingerprint density at radius 2 is 2.07 bits per heavy atom. The number of aromatic nitrogens is 1. The zero-order valence-corrected chi connectivity index (χ0v) is 19.6. The molecule has 9 heteroatoms. The number of nitrogens with one attached hydrogen (secondary N) is 1. The predicted molar refractivity (Wildman–Crippen MR) is 109 cm³/mol. The van der Waals surface area contributed by atoms with Crippen molar-refractivity contribution in [3.63, 3.8) is 0 Å². The van der Waals surface area contributed by atoms with Crippen molar-refractivity contribution in [2.24, 2.45) is 0 Å². The van der Waals surface area contributed by atoms with Crippen LogP contribution < -0.4 is 34.9 Å². The minimum absolute atomic E-state index is 0. The van der Waals surface area contributed by atoms with Crippen LogP contribution in [0.2, 0.25) is 5.02 Å². The fourth-order valence-electron chi connectivity index (χ4n) is 2.88. The van der Waals surface area contributed by atoms with E-state index in [4.69, 9.17) is 11.6 Å². The molecule has 1 amide bonds. The Morgan fingerprint density at radius 1 is 1.32 bits per heavy atom. The Kier molecular flexibility index (Phi) is 8.12. The van der Waals surface area contributed by atoms with E-state index in [0.717, 1.165) is 17.5 Å². The molecule has 2 N–H and O–H groups in total. The van der Waals surface area contributed by atoms with Crippen molar-refractivity contribution in [3.05, 3.63) is 51.2 Å². The molecule has 28 heavy (non-hydrogen) atoms. The normalized spacial score (nSPS) is 10.9. The van der Waals surface area contributed by atoms with Gasteiger partial charge in [-0.25, -0.2) is 9.36 Å². The van der Waals surface area contributed by atoms with Gasteiger partial charge in [-0.05, 0) is 56.7 Å². The van der Waals surface area contributed by atoms with E-state index in [-0.39, 0.29) is 48.2 Å². The molecule has 2 heterocycles. The van der Waals surface area contributed by atoms with Gasteiger partial charge in [0.05, 0.1) is 16.0 Å². The van der Waals surface area contributed by atoms with E-state index < -0.39 is 6.03 Å². The predicted octanol–water partition coefficient (Wildman–Crippen LogP) is 0.919. The topological polar surface area (TPSA) is 74.6 Å². The number of benzene rings is 1. The van der Waals surface area contributed by atoms with Crippen molar-refractivity contribution in [2.75, 3.05) is 27.2 Å². The van der Waals surface area contributed by atoms with Crippen LogP contribution >= 0.6 is 22.9 Å². The summed E-state index contributed by atoms with van der Waals surface area (Å²) < 4.78 is 1.13. The van der Waals surface area contributed by atoms with Crippen LogP contribution in [0.25, 0.3) is 10.9 Å². The summed E-state index contributed by atoms with van der Waals surface area (Å²) in [7, 11) is 3.92. The molecule has 3 aromatic rings. The van der Waals surface area contributed by atoms with Crippen molar-refractivity contribution >= 4 is 45.7 Å². The van der Waals surface area contributed by atoms with Gasteiger partial charge in [0.25, 0.3) is 0 Å². The Morgan fingerprint density at radius 3 is 2.71 bits per heavy atom. The number of thiophene rings is 1. The van der Waals surface area contributed by atoms with Gasteiger partial charge in [0.15, 0.2) is 0 Å². The van der Waals surface area contributed by atoms with Crippen molar-refractivity contribution in [3.8, 4) is 5.88 Å². The summed E-state index contributed by atoms with van der Waals surface area (Å²) in [6, 6.07) is 7.80. The first-order valence-corrected chi connectivity index (χ1v) is 9.70. The number of halogens is 1. The Bertz CT molecular complexity index is 992. The molecule has 0 bridgehead atoms. The number of fused-ring (bicyclic) bond motifs is 1. The average Bonchev–Trinajstić information content (AvgIpc) is 3.23. The molecule has 0 aliphatic carbocycles.